The number of rotatable bonds is 6. The number of carbonyl (C=O) groups is 1. The summed E-state index contributed by atoms with van der Waals surface area (Å²) in [6.45, 7) is 6.21. The van der Waals surface area contributed by atoms with E-state index in [0.29, 0.717) is 13.0 Å². The molecule has 1 aliphatic heterocycles. The predicted octanol–water partition coefficient (Wildman–Crippen LogP) is 3.36. The normalized spacial score (nSPS) is 15.7. The summed E-state index contributed by atoms with van der Waals surface area (Å²) in [5.41, 5.74) is 9.91. The summed E-state index contributed by atoms with van der Waals surface area (Å²) in [5.74, 6) is 0.880. The average molecular weight is 351 g/mol. The van der Waals surface area contributed by atoms with Gasteiger partial charge in [0.2, 0.25) is 5.91 Å². The van der Waals surface area contributed by atoms with Crippen molar-refractivity contribution in [1.82, 2.24) is 10.2 Å². The Morgan fingerprint density at radius 3 is 2.42 bits per heavy atom. The molecule has 3 rings (SSSR count). The highest BCUT2D eigenvalue weighted by molar-refractivity contribution is 5.78. The van der Waals surface area contributed by atoms with Gasteiger partial charge in [0.05, 0.1) is 6.42 Å². The molecule has 26 heavy (non-hydrogen) atoms. The van der Waals surface area contributed by atoms with Crippen molar-refractivity contribution in [3.05, 3.63) is 65.2 Å². The molecule has 1 aliphatic rings. The fraction of sp³-hybridized carbons (Fsp3) is 0.409. The first-order chi connectivity index (χ1) is 12.6. The Morgan fingerprint density at radius 2 is 1.73 bits per heavy atom. The number of carbonyl (C=O) groups excluding carboxylic acids is 1. The highest BCUT2D eigenvalue weighted by atomic mass is 16.1. The fourth-order valence-electron chi connectivity index (χ4n) is 3.42. The Labute approximate surface area is 156 Å². The Kier molecular flexibility index (Phi) is 6.29. The summed E-state index contributed by atoms with van der Waals surface area (Å²) >= 11 is 0. The summed E-state index contributed by atoms with van der Waals surface area (Å²) in [4.78, 5) is 14.8. The van der Waals surface area contributed by atoms with E-state index in [1.807, 2.05) is 30.3 Å². The minimum Gasteiger partial charge on any atom is -0.399 e. The van der Waals surface area contributed by atoms with E-state index in [9.17, 15) is 4.79 Å². The Morgan fingerprint density at radius 1 is 1.08 bits per heavy atom. The Bertz CT molecular complexity index is 718. The van der Waals surface area contributed by atoms with Crippen molar-refractivity contribution >= 4 is 11.6 Å². The van der Waals surface area contributed by atoms with E-state index < -0.39 is 0 Å². The largest absolute Gasteiger partial charge is 0.399 e. The zero-order chi connectivity index (χ0) is 18.4. The van der Waals surface area contributed by atoms with Crippen LogP contribution in [-0.2, 0) is 24.3 Å². The van der Waals surface area contributed by atoms with Crippen molar-refractivity contribution < 1.29 is 4.79 Å². The molecule has 0 unspecified atom stereocenters. The van der Waals surface area contributed by atoms with Crippen LogP contribution in [0.2, 0.25) is 0 Å². The number of anilines is 1. The standard InChI is InChI=1S/C22H29N3O/c1-17-10-12-25(13-11-17)16-20-5-3-2-4-19(20)15-24-22(26)14-18-6-8-21(23)9-7-18/h2-9,17H,10-16,23H2,1H3,(H,24,26). The second kappa shape index (κ2) is 8.86. The molecule has 4 heteroatoms. The zero-order valence-electron chi connectivity index (χ0n) is 15.6. The second-order valence-corrected chi connectivity index (χ2v) is 7.42. The van der Waals surface area contributed by atoms with Crippen molar-refractivity contribution in [3.8, 4) is 0 Å². The number of nitrogen functional groups attached to an aromatic ring is 1. The van der Waals surface area contributed by atoms with E-state index in [1.165, 1.54) is 37.1 Å². The van der Waals surface area contributed by atoms with Gasteiger partial charge in [-0.05, 0) is 60.7 Å². The first-order valence-corrected chi connectivity index (χ1v) is 9.50. The zero-order valence-corrected chi connectivity index (χ0v) is 15.6. The van der Waals surface area contributed by atoms with Gasteiger partial charge < -0.3 is 11.1 Å². The summed E-state index contributed by atoms with van der Waals surface area (Å²) in [7, 11) is 0. The van der Waals surface area contributed by atoms with Gasteiger partial charge in [-0.2, -0.15) is 0 Å². The molecule has 0 saturated carbocycles. The molecule has 4 nitrogen and oxygen atoms in total. The molecule has 0 aromatic heterocycles. The monoisotopic (exact) mass is 351 g/mol. The lowest BCUT2D eigenvalue weighted by molar-refractivity contribution is -0.120. The number of nitrogens with one attached hydrogen (secondary N) is 1. The van der Waals surface area contributed by atoms with E-state index in [2.05, 4.69) is 35.3 Å². The highest BCUT2D eigenvalue weighted by Crippen LogP contribution is 2.19. The van der Waals surface area contributed by atoms with Crippen molar-refractivity contribution in [2.75, 3.05) is 18.8 Å². The first kappa shape index (κ1) is 18.5. The molecule has 3 N–H and O–H groups in total. The van der Waals surface area contributed by atoms with Crippen LogP contribution in [0.3, 0.4) is 0 Å². The molecular formula is C22H29N3O. The maximum Gasteiger partial charge on any atom is 0.224 e. The molecule has 0 spiro atoms. The molecule has 0 aliphatic carbocycles. The van der Waals surface area contributed by atoms with Crippen LogP contribution in [0.15, 0.2) is 48.5 Å². The highest BCUT2D eigenvalue weighted by Gasteiger charge is 2.16. The number of hydrogen-bond donors (Lipinski definition) is 2. The lowest BCUT2D eigenvalue weighted by atomic mass is 9.98. The van der Waals surface area contributed by atoms with Crippen LogP contribution in [0.25, 0.3) is 0 Å². The maximum atomic E-state index is 12.3. The summed E-state index contributed by atoms with van der Waals surface area (Å²) < 4.78 is 0. The van der Waals surface area contributed by atoms with E-state index >= 15 is 0 Å². The third kappa shape index (κ3) is 5.33. The first-order valence-electron chi connectivity index (χ1n) is 9.50. The molecule has 2 aromatic rings. The van der Waals surface area contributed by atoms with Crippen molar-refractivity contribution in [3.63, 3.8) is 0 Å². The number of hydrogen-bond acceptors (Lipinski definition) is 3. The van der Waals surface area contributed by atoms with Gasteiger partial charge in [-0.3, -0.25) is 9.69 Å². The van der Waals surface area contributed by atoms with Crippen LogP contribution < -0.4 is 11.1 Å². The molecule has 138 valence electrons. The Hall–Kier alpha value is -2.33. The van der Waals surface area contributed by atoms with Crippen molar-refractivity contribution in [2.24, 2.45) is 5.92 Å². The van der Waals surface area contributed by atoms with Gasteiger partial charge in [-0.25, -0.2) is 0 Å². The van der Waals surface area contributed by atoms with Gasteiger partial charge in [0.1, 0.15) is 0 Å². The van der Waals surface area contributed by atoms with Gasteiger partial charge in [0.15, 0.2) is 0 Å². The number of amides is 1. The van der Waals surface area contributed by atoms with Gasteiger partial charge in [-0.15, -0.1) is 0 Å². The predicted molar refractivity (Wildman–Crippen MR) is 107 cm³/mol. The number of benzene rings is 2. The van der Waals surface area contributed by atoms with E-state index in [4.69, 9.17) is 5.73 Å². The third-order valence-corrected chi connectivity index (χ3v) is 5.21. The molecule has 1 fully saturated rings. The molecule has 0 radical (unpaired) electrons. The van der Waals surface area contributed by atoms with Gasteiger partial charge >= 0.3 is 0 Å². The molecule has 2 aromatic carbocycles. The fourth-order valence-corrected chi connectivity index (χ4v) is 3.42. The smallest absolute Gasteiger partial charge is 0.224 e. The van der Waals surface area contributed by atoms with E-state index in [-0.39, 0.29) is 5.91 Å². The maximum absolute atomic E-state index is 12.3. The van der Waals surface area contributed by atoms with Crippen LogP contribution in [0.5, 0.6) is 0 Å². The molecule has 1 amide bonds. The third-order valence-electron chi connectivity index (χ3n) is 5.21. The summed E-state index contributed by atoms with van der Waals surface area (Å²) in [6.07, 6.45) is 2.94. The second-order valence-electron chi connectivity index (χ2n) is 7.42. The topological polar surface area (TPSA) is 58.4 Å². The number of nitrogens with two attached hydrogens (primary N) is 1. The van der Waals surface area contributed by atoms with E-state index in [1.54, 1.807) is 0 Å². The average Bonchev–Trinajstić information content (AvgIpc) is 2.65. The van der Waals surface area contributed by atoms with Crippen LogP contribution in [-0.4, -0.2) is 23.9 Å². The number of nitrogens with zero attached hydrogens (tertiary/aromatic N) is 1. The number of likely N-dealkylation sites (tertiary alicyclic amines) is 1. The van der Waals surface area contributed by atoms with Crippen molar-refractivity contribution in [1.29, 1.82) is 0 Å². The minimum absolute atomic E-state index is 0.0383. The quantitative estimate of drug-likeness (QED) is 0.785. The summed E-state index contributed by atoms with van der Waals surface area (Å²) in [6, 6.07) is 15.9. The molecule has 0 bridgehead atoms. The van der Waals surface area contributed by atoms with Crippen LogP contribution in [0, 0.1) is 5.92 Å². The van der Waals surface area contributed by atoms with Crippen molar-refractivity contribution in [2.45, 2.75) is 39.3 Å². The SMILES string of the molecule is CC1CCN(Cc2ccccc2CNC(=O)Cc2ccc(N)cc2)CC1. The molecule has 1 heterocycles. The van der Waals surface area contributed by atoms with E-state index in [0.717, 1.165) is 23.7 Å². The lowest BCUT2D eigenvalue weighted by Gasteiger charge is -2.30. The molecule has 1 saturated heterocycles. The Balaban J connectivity index is 1.54. The van der Waals surface area contributed by atoms with Crippen LogP contribution in [0.4, 0.5) is 5.69 Å². The molecule has 0 atom stereocenters. The lowest BCUT2D eigenvalue weighted by Crippen LogP contribution is -2.33. The van der Waals surface area contributed by atoms with Crippen LogP contribution >= 0.6 is 0 Å². The van der Waals surface area contributed by atoms with Gasteiger partial charge in [-0.1, -0.05) is 43.3 Å². The van der Waals surface area contributed by atoms with Gasteiger partial charge in [0, 0.05) is 18.8 Å². The molecular weight excluding hydrogens is 322 g/mol. The van der Waals surface area contributed by atoms with Gasteiger partial charge in [0.25, 0.3) is 0 Å². The minimum atomic E-state index is 0.0383. The number of piperidine rings is 1. The van der Waals surface area contributed by atoms with Crippen LogP contribution in [0.1, 0.15) is 36.5 Å². The summed E-state index contributed by atoms with van der Waals surface area (Å²) in [5, 5.41) is 3.06.